The molecule has 0 fully saturated rings. The fourth-order valence-electron chi connectivity index (χ4n) is 1.66. The largest absolute Gasteiger partial charge is 0.460 e. The summed E-state index contributed by atoms with van der Waals surface area (Å²) in [6, 6.07) is 5.30. The lowest BCUT2D eigenvalue weighted by Crippen LogP contribution is -2.32. The Kier molecular flexibility index (Phi) is 2.19. The highest BCUT2D eigenvalue weighted by Crippen LogP contribution is 2.38. The zero-order chi connectivity index (χ0) is 11.0. The van der Waals surface area contributed by atoms with E-state index in [1.165, 1.54) is 6.92 Å². The number of hydrogen-bond donors (Lipinski definition) is 0. The Morgan fingerprint density at radius 2 is 2.27 bits per heavy atom. The van der Waals surface area contributed by atoms with Crippen LogP contribution in [-0.4, -0.2) is 25.3 Å². The first-order valence-electron chi connectivity index (χ1n) is 4.64. The van der Waals surface area contributed by atoms with Gasteiger partial charge in [-0.1, -0.05) is 6.07 Å². The lowest BCUT2D eigenvalue weighted by molar-refractivity contribution is -0.113. The molecular weight excluding hydrogens is 194 g/mol. The summed E-state index contributed by atoms with van der Waals surface area (Å²) in [6.07, 6.45) is 0.0877. The number of carbonyl (C=O) groups excluding carboxylic acids is 2. The number of fused-ring (bicyclic) bond motifs is 1. The number of para-hydroxylation sites is 1. The molecule has 2 rings (SSSR count). The first-order chi connectivity index (χ1) is 7.15. The first kappa shape index (κ1) is 9.71. The second-order valence-electron chi connectivity index (χ2n) is 3.47. The second-order valence-corrected chi connectivity index (χ2v) is 3.47. The van der Waals surface area contributed by atoms with Gasteiger partial charge in [0.2, 0.25) is 6.23 Å². The molecule has 0 N–H and O–H groups in total. The van der Waals surface area contributed by atoms with Crippen molar-refractivity contribution in [1.29, 1.82) is 0 Å². The smallest absolute Gasteiger partial charge is 0.228 e. The summed E-state index contributed by atoms with van der Waals surface area (Å²) in [5.41, 5.74) is 1.29. The van der Waals surface area contributed by atoms with Crippen LogP contribution in [0.15, 0.2) is 18.2 Å². The lowest BCUT2D eigenvalue weighted by atomic mass is 10.1. The third-order valence-electron chi connectivity index (χ3n) is 2.49. The number of nitrogens with zero attached hydrogens (tertiary/aromatic N) is 1. The van der Waals surface area contributed by atoms with Crippen molar-refractivity contribution < 1.29 is 14.3 Å². The number of likely N-dealkylation sites (N-methyl/N-ethyl adjacent to an activating group) is 1. The van der Waals surface area contributed by atoms with Crippen molar-refractivity contribution in [2.75, 3.05) is 11.9 Å². The van der Waals surface area contributed by atoms with Crippen molar-refractivity contribution in [2.24, 2.45) is 0 Å². The monoisotopic (exact) mass is 205 g/mol. The van der Waals surface area contributed by atoms with Crippen LogP contribution < -0.4 is 9.64 Å². The molecule has 1 aliphatic rings. The van der Waals surface area contributed by atoms with Gasteiger partial charge in [-0.3, -0.25) is 9.59 Å². The summed E-state index contributed by atoms with van der Waals surface area (Å²) in [4.78, 5) is 23.7. The van der Waals surface area contributed by atoms with Gasteiger partial charge in [0.25, 0.3) is 0 Å². The van der Waals surface area contributed by atoms with Crippen molar-refractivity contribution in [3.8, 4) is 5.75 Å². The van der Waals surface area contributed by atoms with Crippen molar-refractivity contribution in [1.82, 2.24) is 0 Å². The van der Waals surface area contributed by atoms with Crippen LogP contribution in [0.3, 0.4) is 0 Å². The molecule has 0 saturated heterocycles. The molecule has 4 heteroatoms. The highest BCUT2D eigenvalue weighted by molar-refractivity contribution is 5.99. The molecular formula is C11H11NO3. The van der Waals surface area contributed by atoms with Gasteiger partial charge in [0.1, 0.15) is 0 Å². The van der Waals surface area contributed by atoms with E-state index in [1.807, 2.05) is 6.07 Å². The number of benzene rings is 1. The van der Waals surface area contributed by atoms with E-state index in [2.05, 4.69) is 0 Å². The first-order valence-corrected chi connectivity index (χ1v) is 4.64. The Morgan fingerprint density at radius 1 is 1.53 bits per heavy atom. The molecule has 1 unspecified atom stereocenters. The predicted octanol–water partition coefficient (Wildman–Crippen LogP) is 1.24. The summed E-state index contributed by atoms with van der Waals surface area (Å²) in [7, 11) is 1.76. The third-order valence-corrected chi connectivity index (χ3v) is 2.49. The van der Waals surface area contributed by atoms with Gasteiger partial charge in [-0.05, 0) is 19.1 Å². The molecule has 0 amide bonds. The number of ether oxygens (including phenoxy) is 1. The van der Waals surface area contributed by atoms with E-state index >= 15 is 0 Å². The van der Waals surface area contributed by atoms with E-state index in [0.717, 1.165) is 5.69 Å². The maximum absolute atomic E-state index is 11.3. The number of anilines is 1. The highest BCUT2D eigenvalue weighted by Gasteiger charge is 2.30. The van der Waals surface area contributed by atoms with Gasteiger partial charge in [-0.2, -0.15) is 0 Å². The van der Waals surface area contributed by atoms with Gasteiger partial charge in [-0.25, -0.2) is 0 Å². The predicted molar refractivity (Wildman–Crippen MR) is 55.3 cm³/mol. The van der Waals surface area contributed by atoms with E-state index < -0.39 is 6.23 Å². The Bertz CT molecular complexity index is 428. The normalized spacial score (nSPS) is 18.3. The summed E-state index contributed by atoms with van der Waals surface area (Å²) >= 11 is 0. The molecule has 0 bridgehead atoms. The van der Waals surface area contributed by atoms with E-state index in [-0.39, 0.29) is 5.78 Å². The van der Waals surface area contributed by atoms with Crippen LogP contribution in [0.25, 0.3) is 0 Å². The van der Waals surface area contributed by atoms with Crippen molar-refractivity contribution in [3.05, 3.63) is 23.8 Å². The fraction of sp³-hybridized carbons (Fsp3) is 0.273. The molecule has 1 atom stereocenters. The van der Waals surface area contributed by atoms with Gasteiger partial charge in [0, 0.05) is 7.05 Å². The van der Waals surface area contributed by atoms with Crippen LogP contribution in [-0.2, 0) is 4.79 Å². The zero-order valence-corrected chi connectivity index (χ0v) is 8.56. The number of carbonyl (C=O) groups is 2. The molecule has 15 heavy (non-hydrogen) atoms. The molecule has 0 radical (unpaired) electrons. The Labute approximate surface area is 87.4 Å². The van der Waals surface area contributed by atoms with Gasteiger partial charge < -0.3 is 9.64 Å². The molecule has 0 aliphatic carbocycles. The number of hydrogen-bond acceptors (Lipinski definition) is 4. The summed E-state index contributed by atoms with van der Waals surface area (Å²) in [6.45, 7) is 1.48. The quantitative estimate of drug-likeness (QED) is 0.538. The summed E-state index contributed by atoms with van der Waals surface area (Å²) in [5, 5.41) is 0. The second kappa shape index (κ2) is 3.38. The molecule has 1 heterocycles. The summed E-state index contributed by atoms with van der Waals surface area (Å²) in [5.74, 6) is 0.441. The third kappa shape index (κ3) is 1.38. The maximum Gasteiger partial charge on any atom is 0.228 e. The van der Waals surface area contributed by atoms with Gasteiger partial charge in [0.05, 0.1) is 11.3 Å². The van der Waals surface area contributed by atoms with Crippen molar-refractivity contribution >= 4 is 17.8 Å². The van der Waals surface area contributed by atoms with Gasteiger partial charge in [0.15, 0.2) is 17.8 Å². The van der Waals surface area contributed by atoms with Crippen LogP contribution in [0.2, 0.25) is 0 Å². The number of ketones is 1. The molecule has 0 saturated carbocycles. The topological polar surface area (TPSA) is 46.6 Å². The van der Waals surface area contributed by atoms with Crippen molar-refractivity contribution in [2.45, 2.75) is 13.2 Å². The van der Waals surface area contributed by atoms with Gasteiger partial charge in [-0.15, -0.1) is 0 Å². The molecule has 1 aliphatic heterocycles. The van der Waals surface area contributed by atoms with Crippen molar-refractivity contribution in [3.63, 3.8) is 0 Å². The fourth-order valence-corrected chi connectivity index (χ4v) is 1.66. The highest BCUT2D eigenvalue weighted by atomic mass is 16.5. The van der Waals surface area contributed by atoms with Crippen LogP contribution in [0.1, 0.15) is 17.3 Å². The van der Waals surface area contributed by atoms with E-state index in [4.69, 9.17) is 4.74 Å². The lowest BCUT2D eigenvalue weighted by Gasteiger charge is -2.13. The Balaban J connectivity index is 2.53. The molecule has 4 nitrogen and oxygen atoms in total. The Hall–Kier alpha value is -1.84. The van der Waals surface area contributed by atoms with Crippen LogP contribution >= 0.6 is 0 Å². The van der Waals surface area contributed by atoms with Crippen LogP contribution in [0.4, 0.5) is 5.69 Å². The molecule has 0 spiro atoms. The van der Waals surface area contributed by atoms with E-state index in [0.29, 0.717) is 17.6 Å². The minimum absolute atomic E-state index is 0.0631. The number of aldehydes is 1. The average molecular weight is 205 g/mol. The summed E-state index contributed by atoms with van der Waals surface area (Å²) < 4.78 is 5.40. The van der Waals surface area contributed by atoms with Crippen LogP contribution in [0.5, 0.6) is 5.75 Å². The molecule has 0 aromatic heterocycles. The van der Waals surface area contributed by atoms with Crippen LogP contribution in [0, 0.1) is 0 Å². The number of rotatable bonds is 2. The zero-order valence-electron chi connectivity index (χ0n) is 8.56. The molecule has 1 aromatic rings. The Morgan fingerprint density at radius 3 is 2.87 bits per heavy atom. The SMILES string of the molecule is CC(=O)c1cccc2c1OC(C=O)N2C. The molecule has 1 aromatic carbocycles. The molecule has 78 valence electrons. The van der Waals surface area contributed by atoms with E-state index in [1.54, 1.807) is 24.1 Å². The average Bonchev–Trinajstić information content (AvgIpc) is 2.55. The van der Waals surface area contributed by atoms with Gasteiger partial charge >= 0.3 is 0 Å². The minimum Gasteiger partial charge on any atom is -0.460 e. The minimum atomic E-state index is -0.625. The number of Topliss-reactive ketones (excluding diaryl/α,β-unsaturated/α-hetero) is 1. The maximum atomic E-state index is 11.3. The van der Waals surface area contributed by atoms with E-state index in [9.17, 15) is 9.59 Å². The standard InChI is InChI=1S/C11H11NO3/c1-7(14)8-4-3-5-9-11(8)15-10(6-13)12(9)2/h3-6,10H,1-2H3.